The lowest BCUT2D eigenvalue weighted by Gasteiger charge is -2.67. The number of hydrogen-bond donors (Lipinski definition) is 0. The molecule has 0 aromatic carbocycles. The first-order chi connectivity index (χ1) is 38.0. The zero-order valence-corrected chi connectivity index (χ0v) is 52.7. The standard InChI is InChI=1S/C58H76O12Si8/c1-9-43-17-35(1)25-51(43)33-71-59-73(53-27-37-3-11-45(53)19-37)61-72(34-52-26-36-2-10-44(52)18-36)62-74(60-71,54-28-38-4-12-46(54)20-38)66-78(58-32-42-8-16-50(58)24-42)68-75(63-71,55-29-39-5-13-47(55)21-39)67-77(65-73,57-31-41-7-15-49(57)23-41)69-76(64-72,70-78)56-30-40-6-14-48(56)22-40/h1-16,35-58H,17-34H2. The predicted octanol–water partition coefficient (Wildman–Crippen LogP) is 12.0. The summed E-state index contributed by atoms with van der Waals surface area (Å²) < 4.78 is 108. The molecule has 14 fully saturated rings. The molecule has 24 bridgehead atoms. The molecule has 6 aliphatic heterocycles. The first-order valence-corrected chi connectivity index (χ1v) is 46.6. The summed E-state index contributed by atoms with van der Waals surface area (Å²) in [5, 5.41) is 0. The van der Waals surface area contributed by atoms with Gasteiger partial charge in [0.15, 0.2) is 0 Å². The zero-order valence-electron chi connectivity index (χ0n) is 44.7. The summed E-state index contributed by atoms with van der Waals surface area (Å²) in [4.78, 5) is 0. The second-order valence-corrected chi connectivity index (χ2v) is 55.1. The van der Waals surface area contributed by atoms with Crippen LogP contribution in [-0.2, 0) is 49.4 Å². The average molecular weight is 1190 g/mol. The smallest absolute Gasteiger partial charge is 0.373 e. The Balaban J connectivity index is 0.878. The van der Waals surface area contributed by atoms with Crippen LogP contribution in [0.1, 0.15) is 103 Å². The highest BCUT2D eigenvalue weighted by molar-refractivity contribution is 7.04. The van der Waals surface area contributed by atoms with E-state index in [4.69, 9.17) is 49.4 Å². The minimum Gasteiger partial charge on any atom is -0.373 e. The van der Waals surface area contributed by atoms with Crippen molar-refractivity contribution in [3.63, 3.8) is 0 Å². The van der Waals surface area contributed by atoms with Gasteiger partial charge in [0, 0.05) is 45.3 Å². The van der Waals surface area contributed by atoms with Crippen LogP contribution in [0.15, 0.2) is 97.2 Å². The average Bonchev–Trinajstić information content (AvgIpc) is 4.17. The molecule has 0 amide bonds. The van der Waals surface area contributed by atoms with E-state index in [1.807, 2.05) is 0 Å². The van der Waals surface area contributed by atoms with Gasteiger partial charge >= 0.3 is 70.4 Å². The second kappa shape index (κ2) is 15.8. The van der Waals surface area contributed by atoms with Crippen molar-refractivity contribution in [3.05, 3.63) is 97.2 Å². The third kappa shape index (κ3) is 6.45. The molecule has 8 saturated carbocycles. The van der Waals surface area contributed by atoms with E-state index in [-0.39, 0.29) is 68.8 Å². The SMILES string of the molecule is C1=CC2CC1CC2C[Si]12O[Si]3(C4CC5C=CC4C5)O[Si]4(CC5CC6C=CC5C6)O[Si](C5CC6C=CC5C6)(O1)O[Si]1(C5CC6C=CC5C6)O[Si](C5CC6C=CC5C6)(O2)O[Si](C2CC5C=CC2C5)(O3)O[Si](C2CC3C=CC2C3)(O4)O1. The lowest BCUT2D eigenvalue weighted by Crippen LogP contribution is -2.91. The molecule has 6 saturated heterocycles. The first-order valence-electron chi connectivity index (χ1n) is 31.9. The third-order valence-corrected chi connectivity index (χ3v) is 65.2. The lowest BCUT2D eigenvalue weighted by atomic mass is 9.96. The molecule has 12 nitrogen and oxygen atoms in total. The Bertz CT molecular complexity index is 2700. The van der Waals surface area contributed by atoms with E-state index in [1.54, 1.807) is 0 Å². The highest BCUT2D eigenvalue weighted by atomic mass is 28.6. The van der Waals surface area contributed by atoms with Crippen LogP contribution in [0.3, 0.4) is 0 Å². The number of fused-ring (bicyclic) bond motifs is 16. The van der Waals surface area contributed by atoms with E-state index in [0.717, 1.165) is 89.9 Å². The molecule has 16 aliphatic carbocycles. The van der Waals surface area contributed by atoms with Gasteiger partial charge in [-0.25, -0.2) is 0 Å². The molecule has 20 heteroatoms. The summed E-state index contributed by atoms with van der Waals surface area (Å²) in [7, 11) is -33.7. The molecule has 412 valence electrons. The molecule has 0 N–H and O–H groups in total. The maximum Gasteiger partial charge on any atom is 0.482 e. The fourth-order valence-corrected chi connectivity index (χ4v) is 78.8. The highest BCUT2D eigenvalue weighted by Gasteiger charge is 2.90. The second-order valence-electron chi connectivity index (χ2n) is 30.0. The van der Waals surface area contributed by atoms with Gasteiger partial charge in [0.2, 0.25) is 0 Å². The minimum absolute atomic E-state index is 0.0413. The Labute approximate surface area is 468 Å². The normalized spacial score (nSPS) is 65.1. The largest absolute Gasteiger partial charge is 0.482 e. The molecule has 24 unspecified atom stereocenters. The molecule has 0 aromatic rings. The molecule has 22 aliphatic rings. The van der Waals surface area contributed by atoms with Crippen molar-refractivity contribution in [3.8, 4) is 0 Å². The Morgan fingerprint density at radius 2 is 0.397 bits per heavy atom. The van der Waals surface area contributed by atoms with Gasteiger partial charge in [0.25, 0.3) is 0 Å². The van der Waals surface area contributed by atoms with Gasteiger partial charge in [-0.15, -0.1) is 0 Å². The van der Waals surface area contributed by atoms with E-state index in [2.05, 4.69) is 97.2 Å². The molecule has 22 rings (SSSR count). The van der Waals surface area contributed by atoms with Gasteiger partial charge < -0.3 is 49.4 Å². The highest BCUT2D eigenvalue weighted by Crippen LogP contribution is 2.72. The van der Waals surface area contributed by atoms with Crippen LogP contribution in [0.5, 0.6) is 0 Å². The predicted molar refractivity (Wildman–Crippen MR) is 301 cm³/mol. The first kappa shape index (κ1) is 47.4. The Morgan fingerprint density at radius 1 is 0.205 bits per heavy atom. The minimum atomic E-state index is -4.22. The number of hydrogen-bond acceptors (Lipinski definition) is 12. The quantitative estimate of drug-likeness (QED) is 0.153. The van der Waals surface area contributed by atoms with Crippen molar-refractivity contribution in [2.45, 2.75) is 148 Å². The Morgan fingerprint density at radius 3 is 0.577 bits per heavy atom. The maximum atomic E-state index is 9.05. The monoisotopic (exact) mass is 1190 g/mol. The van der Waals surface area contributed by atoms with Gasteiger partial charge in [-0.3, -0.25) is 0 Å². The van der Waals surface area contributed by atoms with Gasteiger partial charge in [-0.05, 0) is 209 Å². The van der Waals surface area contributed by atoms with Crippen molar-refractivity contribution in [1.29, 1.82) is 0 Å². The van der Waals surface area contributed by atoms with Crippen molar-refractivity contribution in [2.24, 2.45) is 107 Å². The van der Waals surface area contributed by atoms with Crippen LogP contribution in [0.2, 0.25) is 45.3 Å². The summed E-state index contributed by atoms with van der Waals surface area (Å²) >= 11 is 0. The van der Waals surface area contributed by atoms with Crippen LogP contribution in [-0.4, -0.2) is 70.4 Å². The Kier molecular flexibility index (Phi) is 9.59. The van der Waals surface area contributed by atoms with E-state index in [0.29, 0.717) is 83.1 Å². The number of allylic oxidation sites excluding steroid dienone is 16. The summed E-state index contributed by atoms with van der Waals surface area (Å²) in [6, 6.07) is 1.32. The van der Waals surface area contributed by atoms with Gasteiger partial charge in [-0.1, -0.05) is 97.2 Å². The van der Waals surface area contributed by atoms with Crippen LogP contribution in [0.25, 0.3) is 0 Å². The fourth-order valence-electron chi connectivity index (χ4n) is 22.6. The van der Waals surface area contributed by atoms with Crippen molar-refractivity contribution >= 4 is 70.4 Å². The molecule has 78 heavy (non-hydrogen) atoms. The Hall–Kier alpha value is -0.825. The van der Waals surface area contributed by atoms with E-state index in [1.165, 1.54) is 12.8 Å². The summed E-state index contributed by atoms with van der Waals surface area (Å²) in [5.41, 5.74) is -0.251. The zero-order chi connectivity index (χ0) is 50.4. The molecule has 0 aromatic heterocycles. The summed E-state index contributed by atoms with van der Waals surface area (Å²) in [6.07, 6.45) is 56.5. The summed E-state index contributed by atoms with van der Waals surface area (Å²) in [6.45, 7) is 0. The van der Waals surface area contributed by atoms with Gasteiger partial charge in [0.05, 0.1) is 0 Å². The van der Waals surface area contributed by atoms with Crippen molar-refractivity contribution in [2.75, 3.05) is 0 Å². The molecule has 6 heterocycles. The van der Waals surface area contributed by atoms with Crippen LogP contribution in [0.4, 0.5) is 0 Å². The third-order valence-electron chi connectivity index (χ3n) is 25.7. The topological polar surface area (TPSA) is 111 Å². The van der Waals surface area contributed by atoms with E-state index in [9.17, 15) is 0 Å². The van der Waals surface area contributed by atoms with E-state index >= 15 is 0 Å². The van der Waals surface area contributed by atoms with Crippen LogP contribution < -0.4 is 0 Å². The molecular weight excluding hydrogens is 1110 g/mol. The van der Waals surface area contributed by atoms with Crippen LogP contribution in [0, 0.1) is 107 Å². The maximum absolute atomic E-state index is 9.05. The molecule has 0 spiro atoms. The van der Waals surface area contributed by atoms with Gasteiger partial charge in [0.1, 0.15) is 0 Å². The van der Waals surface area contributed by atoms with Crippen molar-refractivity contribution < 1.29 is 49.4 Å². The molecule has 24 atom stereocenters. The summed E-state index contributed by atoms with van der Waals surface area (Å²) in [5.74, 6) is 6.50. The van der Waals surface area contributed by atoms with Crippen LogP contribution >= 0.6 is 0 Å². The lowest BCUT2D eigenvalue weighted by molar-refractivity contribution is -0.0490. The number of rotatable bonds is 10. The van der Waals surface area contributed by atoms with Gasteiger partial charge in [-0.2, -0.15) is 0 Å². The molecule has 0 radical (unpaired) electrons. The molecular formula is C58H76O12Si8. The fraction of sp³-hybridized carbons (Fsp3) is 0.724. The van der Waals surface area contributed by atoms with Crippen molar-refractivity contribution in [1.82, 2.24) is 0 Å². The van der Waals surface area contributed by atoms with E-state index < -0.39 is 70.4 Å².